The van der Waals surface area contributed by atoms with Crippen LogP contribution in [0, 0.1) is 6.92 Å². The van der Waals surface area contributed by atoms with Crippen LogP contribution in [0.25, 0.3) is 0 Å². The number of hydrogen-bond donors (Lipinski definition) is 0. The summed E-state index contributed by atoms with van der Waals surface area (Å²) in [6.07, 6.45) is 1.29. The summed E-state index contributed by atoms with van der Waals surface area (Å²) in [6.45, 7) is 4.08. The lowest BCUT2D eigenvalue weighted by molar-refractivity contribution is -0.873. The summed E-state index contributed by atoms with van der Waals surface area (Å²) in [4.78, 5) is 18.8. The Kier molecular flexibility index (Phi) is 3.99. The van der Waals surface area contributed by atoms with Crippen molar-refractivity contribution in [3.63, 3.8) is 0 Å². The molecule has 98 valence electrons. The first-order valence-electron chi connectivity index (χ1n) is 5.82. The Labute approximate surface area is 106 Å². The Hall–Kier alpha value is -1.82. The van der Waals surface area contributed by atoms with Crippen LogP contribution < -0.4 is 14.3 Å². The third-order valence-corrected chi connectivity index (χ3v) is 2.75. The molecule has 0 aromatic carbocycles. The van der Waals surface area contributed by atoms with Crippen molar-refractivity contribution in [2.75, 3.05) is 33.4 Å². The molecule has 6 nitrogen and oxygen atoms in total. The predicted molar refractivity (Wildman–Crippen MR) is 62.3 cm³/mol. The van der Waals surface area contributed by atoms with Gasteiger partial charge in [0.2, 0.25) is 11.9 Å². The van der Waals surface area contributed by atoms with Gasteiger partial charge < -0.3 is 9.47 Å². The molecule has 0 spiro atoms. The smallest absolute Gasteiger partial charge is 0.478 e. The van der Waals surface area contributed by atoms with E-state index in [4.69, 9.17) is 14.3 Å². The first-order valence-corrected chi connectivity index (χ1v) is 5.82. The van der Waals surface area contributed by atoms with E-state index in [0.29, 0.717) is 26.3 Å². The van der Waals surface area contributed by atoms with Gasteiger partial charge in [0.1, 0.15) is 5.75 Å². The maximum Gasteiger partial charge on any atom is 0.478 e. The molecule has 6 heteroatoms. The second-order valence-electron chi connectivity index (χ2n) is 3.99. The van der Waals surface area contributed by atoms with Gasteiger partial charge in [-0.15, -0.1) is 0 Å². The number of pyridine rings is 1. The van der Waals surface area contributed by atoms with E-state index in [-0.39, 0.29) is 6.09 Å². The molecule has 2 rings (SSSR count). The zero-order chi connectivity index (χ0) is 13.0. The summed E-state index contributed by atoms with van der Waals surface area (Å²) in [7, 11) is 1.60. The van der Waals surface area contributed by atoms with Crippen LogP contribution in [0.4, 0.5) is 4.79 Å². The van der Waals surface area contributed by atoms with Gasteiger partial charge in [-0.3, -0.25) is 4.90 Å². The van der Waals surface area contributed by atoms with Gasteiger partial charge in [0, 0.05) is 30.8 Å². The number of carbonyl (C=O) groups excluding carboxylic acids is 1. The van der Waals surface area contributed by atoms with Gasteiger partial charge in [0.25, 0.3) is 0 Å². The van der Waals surface area contributed by atoms with Crippen LogP contribution in [0.5, 0.6) is 5.75 Å². The van der Waals surface area contributed by atoms with Crippen molar-refractivity contribution < 1.29 is 23.8 Å². The molecule has 1 saturated heterocycles. The van der Waals surface area contributed by atoms with Crippen LogP contribution in [0.15, 0.2) is 18.3 Å². The monoisotopic (exact) mass is 253 g/mol. The SMILES string of the molecule is COc1cc[n+](OC(=O)N2CCOCC2)c(C)c1. The lowest BCUT2D eigenvalue weighted by atomic mass is 10.3. The third kappa shape index (κ3) is 2.89. The second kappa shape index (κ2) is 5.68. The Morgan fingerprint density at radius 3 is 2.78 bits per heavy atom. The summed E-state index contributed by atoms with van der Waals surface area (Å²) in [5.41, 5.74) is 0.788. The van der Waals surface area contributed by atoms with Gasteiger partial charge in [0.05, 0.1) is 26.4 Å². The summed E-state index contributed by atoms with van der Waals surface area (Å²) in [5, 5.41) is 0. The quantitative estimate of drug-likeness (QED) is 0.705. The number of aromatic nitrogens is 1. The zero-order valence-corrected chi connectivity index (χ0v) is 10.6. The Bertz CT molecular complexity index is 430. The molecule has 1 aliphatic heterocycles. The molecule has 0 aliphatic carbocycles. The number of rotatable bonds is 2. The molecule has 0 radical (unpaired) electrons. The molecule has 2 heterocycles. The fourth-order valence-electron chi connectivity index (χ4n) is 1.69. The molecule has 18 heavy (non-hydrogen) atoms. The topological polar surface area (TPSA) is 51.9 Å². The summed E-state index contributed by atoms with van der Waals surface area (Å²) >= 11 is 0. The van der Waals surface area contributed by atoms with E-state index in [1.165, 1.54) is 4.73 Å². The molecule has 1 fully saturated rings. The number of amides is 1. The van der Waals surface area contributed by atoms with Crippen LogP contribution in [0.2, 0.25) is 0 Å². The van der Waals surface area contributed by atoms with Gasteiger partial charge in [-0.25, -0.2) is 4.79 Å². The van der Waals surface area contributed by atoms with Gasteiger partial charge in [-0.05, 0) is 0 Å². The molecule has 1 aliphatic rings. The normalized spacial score (nSPS) is 15.3. The van der Waals surface area contributed by atoms with Crippen molar-refractivity contribution >= 4 is 6.09 Å². The van der Waals surface area contributed by atoms with E-state index in [2.05, 4.69) is 0 Å². The Morgan fingerprint density at radius 1 is 1.44 bits per heavy atom. The number of morpholine rings is 1. The Balaban J connectivity index is 2.02. The van der Waals surface area contributed by atoms with E-state index in [0.717, 1.165) is 11.4 Å². The van der Waals surface area contributed by atoms with Crippen molar-refractivity contribution in [1.82, 2.24) is 4.90 Å². The van der Waals surface area contributed by atoms with Crippen LogP contribution in [-0.4, -0.2) is 44.4 Å². The van der Waals surface area contributed by atoms with Gasteiger partial charge >= 0.3 is 6.09 Å². The average molecular weight is 253 g/mol. The third-order valence-electron chi connectivity index (χ3n) is 2.75. The highest BCUT2D eigenvalue weighted by Crippen LogP contribution is 2.07. The van der Waals surface area contributed by atoms with E-state index >= 15 is 0 Å². The highest BCUT2D eigenvalue weighted by Gasteiger charge is 2.23. The van der Waals surface area contributed by atoms with Crippen LogP contribution in [-0.2, 0) is 4.74 Å². The summed E-state index contributed by atoms with van der Waals surface area (Å²) in [6, 6.07) is 3.53. The van der Waals surface area contributed by atoms with E-state index in [1.54, 1.807) is 30.3 Å². The fourth-order valence-corrected chi connectivity index (χ4v) is 1.69. The van der Waals surface area contributed by atoms with Crippen LogP contribution in [0.3, 0.4) is 0 Å². The van der Waals surface area contributed by atoms with Crippen molar-refractivity contribution in [2.24, 2.45) is 0 Å². The molecule has 0 unspecified atom stereocenters. The molecule has 1 aromatic heterocycles. The van der Waals surface area contributed by atoms with Crippen molar-refractivity contribution in [3.8, 4) is 5.75 Å². The number of aryl methyl sites for hydroxylation is 1. The van der Waals surface area contributed by atoms with Crippen molar-refractivity contribution in [1.29, 1.82) is 0 Å². The number of hydrogen-bond acceptors (Lipinski definition) is 4. The first-order chi connectivity index (χ1) is 8.70. The van der Waals surface area contributed by atoms with Crippen LogP contribution >= 0.6 is 0 Å². The van der Waals surface area contributed by atoms with Crippen LogP contribution in [0.1, 0.15) is 5.69 Å². The zero-order valence-electron chi connectivity index (χ0n) is 10.6. The molecule has 0 atom stereocenters. The minimum absolute atomic E-state index is 0.364. The van der Waals surface area contributed by atoms with Gasteiger partial charge in [-0.2, -0.15) is 4.84 Å². The number of nitrogens with zero attached hydrogens (tertiary/aromatic N) is 2. The van der Waals surface area contributed by atoms with Crippen molar-refractivity contribution in [3.05, 3.63) is 24.0 Å². The molecule has 1 aromatic rings. The standard InChI is InChI=1S/C12H17N2O4/c1-10-9-11(16-2)3-4-14(10)18-12(15)13-5-7-17-8-6-13/h3-4,9H,5-8H2,1-2H3/q+1. The largest absolute Gasteiger partial charge is 0.496 e. The maximum atomic E-state index is 11.9. The second-order valence-corrected chi connectivity index (χ2v) is 3.99. The number of carbonyl (C=O) groups is 1. The average Bonchev–Trinajstić information content (AvgIpc) is 2.42. The highest BCUT2D eigenvalue weighted by atomic mass is 16.7. The number of methoxy groups -OCH3 is 1. The van der Waals surface area contributed by atoms with E-state index in [9.17, 15) is 4.79 Å². The summed E-state index contributed by atoms with van der Waals surface area (Å²) in [5.74, 6) is 0.728. The molecule has 0 saturated carbocycles. The maximum absolute atomic E-state index is 11.9. The lowest BCUT2D eigenvalue weighted by Gasteiger charge is -2.23. The van der Waals surface area contributed by atoms with Gasteiger partial charge in [0.15, 0.2) is 0 Å². The minimum Gasteiger partial charge on any atom is -0.496 e. The molecular formula is C12H17N2O4+. The molecular weight excluding hydrogens is 236 g/mol. The lowest BCUT2D eigenvalue weighted by Crippen LogP contribution is -2.54. The molecule has 0 bridgehead atoms. The van der Waals surface area contributed by atoms with E-state index in [1.807, 2.05) is 6.92 Å². The summed E-state index contributed by atoms with van der Waals surface area (Å²) < 4.78 is 11.7. The predicted octanol–water partition coefficient (Wildman–Crippen LogP) is 0.172. The highest BCUT2D eigenvalue weighted by molar-refractivity contribution is 5.67. The fraction of sp³-hybridized carbons (Fsp3) is 0.500. The van der Waals surface area contributed by atoms with Gasteiger partial charge in [-0.1, -0.05) is 0 Å². The minimum atomic E-state index is -0.364. The number of ether oxygens (including phenoxy) is 2. The Morgan fingerprint density at radius 2 is 2.17 bits per heavy atom. The molecule has 0 N–H and O–H groups in total. The molecule has 1 amide bonds. The van der Waals surface area contributed by atoms with Crippen molar-refractivity contribution in [2.45, 2.75) is 6.92 Å². The van der Waals surface area contributed by atoms with E-state index < -0.39 is 0 Å². The first kappa shape index (κ1) is 12.6.